The second-order valence-corrected chi connectivity index (χ2v) is 10.6. The molecule has 1 rings (SSSR count). The maximum Gasteiger partial charge on any atom is 0.329 e. The van der Waals surface area contributed by atoms with Crippen LogP contribution in [0.1, 0.15) is 80.2 Å². The van der Waals surface area contributed by atoms with Crippen molar-refractivity contribution in [3.63, 3.8) is 0 Å². The summed E-state index contributed by atoms with van der Waals surface area (Å²) in [6.45, 7) is 14.9. The highest BCUT2D eigenvalue weighted by atomic mass is 16.6. The van der Waals surface area contributed by atoms with Crippen LogP contribution in [-0.4, -0.2) is 48.0 Å². The number of nitrogens with one attached hydrogen (secondary N) is 2. The zero-order chi connectivity index (χ0) is 28.2. The van der Waals surface area contributed by atoms with Gasteiger partial charge in [0.1, 0.15) is 17.7 Å². The molecule has 0 fully saturated rings. The lowest BCUT2D eigenvalue weighted by molar-refractivity contribution is -0.159. The Morgan fingerprint density at radius 1 is 0.973 bits per heavy atom. The molecule has 2 N–H and O–H groups in total. The van der Waals surface area contributed by atoms with E-state index in [0.717, 1.165) is 5.56 Å². The number of benzene rings is 1. The van der Waals surface area contributed by atoms with Crippen LogP contribution in [0.25, 0.3) is 6.08 Å². The third kappa shape index (κ3) is 12.1. The monoisotopic (exact) mass is 516 g/mol. The molecule has 3 atom stereocenters. The van der Waals surface area contributed by atoms with Crippen molar-refractivity contribution in [1.29, 1.82) is 0 Å². The van der Waals surface area contributed by atoms with Gasteiger partial charge in [-0.15, -0.1) is 0 Å². The number of ether oxygens (including phenoxy) is 2. The Hall–Kier alpha value is -3.16. The third-order valence-corrected chi connectivity index (χ3v) is 5.57. The van der Waals surface area contributed by atoms with Gasteiger partial charge in [-0.2, -0.15) is 0 Å². The predicted molar refractivity (Wildman–Crippen MR) is 144 cm³/mol. The van der Waals surface area contributed by atoms with E-state index in [1.807, 2.05) is 58.0 Å². The fraction of sp³-hybridized carbons (Fsp3) is 0.586. The summed E-state index contributed by atoms with van der Waals surface area (Å²) in [4.78, 5) is 51.8. The summed E-state index contributed by atoms with van der Waals surface area (Å²) in [7, 11) is 0. The summed E-state index contributed by atoms with van der Waals surface area (Å²) in [5.74, 6) is -2.19. The molecule has 0 heterocycles. The van der Waals surface area contributed by atoms with E-state index in [4.69, 9.17) is 9.47 Å². The number of carbonyl (C=O) groups is 4. The quantitative estimate of drug-likeness (QED) is 0.296. The molecule has 0 unspecified atom stereocenters. The summed E-state index contributed by atoms with van der Waals surface area (Å²) in [6, 6.07) is 7.36. The van der Waals surface area contributed by atoms with Crippen LogP contribution >= 0.6 is 0 Å². The molecular formula is C29H44N2O6. The Bertz CT molecular complexity index is 933. The molecule has 0 saturated heterocycles. The molecule has 0 aliphatic heterocycles. The van der Waals surface area contributed by atoms with E-state index in [1.165, 1.54) is 0 Å². The second kappa shape index (κ2) is 15.2. The normalized spacial score (nSPS) is 14.4. The van der Waals surface area contributed by atoms with E-state index >= 15 is 0 Å². The Labute approximate surface area is 221 Å². The van der Waals surface area contributed by atoms with Gasteiger partial charge >= 0.3 is 11.9 Å². The van der Waals surface area contributed by atoms with Crippen LogP contribution in [0.4, 0.5) is 0 Å². The van der Waals surface area contributed by atoms with Gasteiger partial charge in [-0.25, -0.2) is 4.79 Å². The van der Waals surface area contributed by atoms with E-state index < -0.39 is 41.4 Å². The first-order chi connectivity index (χ1) is 17.3. The van der Waals surface area contributed by atoms with Crippen molar-refractivity contribution in [2.45, 2.75) is 92.3 Å². The average Bonchev–Trinajstić information content (AvgIpc) is 2.80. The Morgan fingerprint density at radius 3 is 2.11 bits per heavy atom. The zero-order valence-electron chi connectivity index (χ0n) is 23.6. The molecule has 206 valence electrons. The highest BCUT2D eigenvalue weighted by Gasteiger charge is 2.33. The average molecular weight is 517 g/mol. The van der Waals surface area contributed by atoms with E-state index in [-0.39, 0.29) is 30.4 Å². The molecule has 0 bridgehead atoms. The molecule has 8 heteroatoms. The van der Waals surface area contributed by atoms with Crippen molar-refractivity contribution in [3.8, 4) is 0 Å². The van der Waals surface area contributed by atoms with Crippen LogP contribution in [-0.2, 0) is 28.7 Å². The van der Waals surface area contributed by atoms with Gasteiger partial charge in [0.05, 0.1) is 13.0 Å². The summed E-state index contributed by atoms with van der Waals surface area (Å²) in [5.41, 5.74) is 0.214. The Morgan fingerprint density at radius 2 is 1.59 bits per heavy atom. The largest absolute Gasteiger partial charge is 0.466 e. The number of esters is 2. The van der Waals surface area contributed by atoms with Gasteiger partial charge in [-0.05, 0) is 57.6 Å². The zero-order valence-corrected chi connectivity index (χ0v) is 23.6. The van der Waals surface area contributed by atoms with Crippen LogP contribution in [0.15, 0.2) is 35.9 Å². The molecule has 0 radical (unpaired) electrons. The topological polar surface area (TPSA) is 111 Å². The van der Waals surface area contributed by atoms with Gasteiger partial charge in [-0.1, -0.05) is 64.4 Å². The van der Waals surface area contributed by atoms with Gasteiger partial charge in [0.2, 0.25) is 11.8 Å². The number of hydrogen-bond acceptors (Lipinski definition) is 6. The molecule has 37 heavy (non-hydrogen) atoms. The molecular weight excluding hydrogens is 472 g/mol. The maximum absolute atomic E-state index is 13.4. The number of rotatable bonds is 13. The smallest absolute Gasteiger partial charge is 0.329 e. The summed E-state index contributed by atoms with van der Waals surface area (Å²) in [6.07, 6.45) is 2.37. The number of amides is 2. The van der Waals surface area contributed by atoms with Gasteiger partial charge in [0.15, 0.2) is 0 Å². The number of carbonyl (C=O) groups excluding carboxylic acids is 4. The minimum atomic E-state index is -0.920. The second-order valence-electron chi connectivity index (χ2n) is 10.6. The lowest BCUT2D eigenvalue weighted by Gasteiger charge is -2.29. The van der Waals surface area contributed by atoms with Crippen LogP contribution in [0.2, 0.25) is 0 Å². The van der Waals surface area contributed by atoms with Crippen LogP contribution in [0.3, 0.4) is 0 Å². The standard InChI is InChI=1S/C29H44N2O6/c1-9-20(5)25(27(34)30-23(16-19(3)4)28(35)37-29(6,7)8)31-26(33)22(18-24(32)36-10-2)17-21-14-12-11-13-15-21/h11-15,17,19-20,23,25H,9-10,16,18H2,1-8H3,(H,30,34)(H,31,33)/b22-17+/t20-,23-,25-/m0/s1. The number of hydrogen-bond donors (Lipinski definition) is 2. The maximum atomic E-state index is 13.4. The van der Waals surface area contributed by atoms with Crippen molar-refractivity contribution in [1.82, 2.24) is 10.6 Å². The van der Waals surface area contributed by atoms with Gasteiger partial charge in [0.25, 0.3) is 0 Å². The van der Waals surface area contributed by atoms with Crippen LogP contribution < -0.4 is 10.6 Å². The van der Waals surface area contributed by atoms with E-state index in [1.54, 1.807) is 33.8 Å². The first-order valence-electron chi connectivity index (χ1n) is 13.0. The highest BCUT2D eigenvalue weighted by Crippen LogP contribution is 2.17. The lowest BCUT2D eigenvalue weighted by atomic mass is 9.96. The summed E-state index contributed by atoms with van der Waals surface area (Å²) < 4.78 is 10.6. The molecule has 0 aliphatic rings. The highest BCUT2D eigenvalue weighted by molar-refractivity contribution is 6.03. The molecule has 0 aromatic heterocycles. The van der Waals surface area contributed by atoms with Gasteiger partial charge in [-0.3, -0.25) is 14.4 Å². The molecule has 8 nitrogen and oxygen atoms in total. The minimum Gasteiger partial charge on any atom is -0.466 e. The first-order valence-corrected chi connectivity index (χ1v) is 13.0. The molecule has 2 amide bonds. The minimum absolute atomic E-state index is 0.124. The van der Waals surface area contributed by atoms with E-state index in [0.29, 0.717) is 12.8 Å². The SMILES string of the molecule is CCOC(=O)C/C(=C\c1ccccc1)C(=O)N[C@H](C(=O)N[C@@H](CC(C)C)C(=O)OC(C)(C)C)[C@@H](C)CC. The van der Waals surface area contributed by atoms with E-state index in [2.05, 4.69) is 10.6 Å². The molecule has 0 aliphatic carbocycles. The first kappa shape index (κ1) is 31.9. The Kier molecular flexibility index (Phi) is 13.1. The van der Waals surface area contributed by atoms with Gasteiger partial charge < -0.3 is 20.1 Å². The van der Waals surface area contributed by atoms with Crippen molar-refractivity contribution in [3.05, 3.63) is 41.5 Å². The lowest BCUT2D eigenvalue weighted by Crippen LogP contribution is -2.55. The van der Waals surface area contributed by atoms with Crippen LogP contribution in [0, 0.1) is 11.8 Å². The van der Waals surface area contributed by atoms with Crippen molar-refractivity contribution < 1.29 is 28.7 Å². The third-order valence-electron chi connectivity index (χ3n) is 5.57. The van der Waals surface area contributed by atoms with Crippen molar-refractivity contribution >= 4 is 29.8 Å². The van der Waals surface area contributed by atoms with Gasteiger partial charge in [0, 0.05) is 5.57 Å². The molecule has 1 aromatic rings. The molecule has 1 aromatic carbocycles. The van der Waals surface area contributed by atoms with Crippen molar-refractivity contribution in [2.75, 3.05) is 6.61 Å². The fourth-order valence-corrected chi connectivity index (χ4v) is 3.57. The Balaban J connectivity index is 3.21. The molecule has 0 spiro atoms. The van der Waals surface area contributed by atoms with E-state index in [9.17, 15) is 19.2 Å². The van der Waals surface area contributed by atoms with Crippen LogP contribution in [0.5, 0.6) is 0 Å². The molecule has 0 saturated carbocycles. The predicted octanol–water partition coefficient (Wildman–Crippen LogP) is 4.43. The fourth-order valence-electron chi connectivity index (χ4n) is 3.57. The van der Waals surface area contributed by atoms with Crippen molar-refractivity contribution in [2.24, 2.45) is 11.8 Å². The summed E-state index contributed by atoms with van der Waals surface area (Å²) >= 11 is 0. The summed E-state index contributed by atoms with van der Waals surface area (Å²) in [5, 5.41) is 5.60.